The average Bonchev–Trinajstić information content (AvgIpc) is 3.32. The zero-order valence-corrected chi connectivity index (χ0v) is 15.8. The van der Waals surface area contributed by atoms with E-state index in [4.69, 9.17) is 9.72 Å². The highest BCUT2D eigenvalue weighted by atomic mass is 32.1. The molecule has 0 saturated carbocycles. The number of aryl methyl sites for hydroxylation is 1. The van der Waals surface area contributed by atoms with Gasteiger partial charge in [-0.05, 0) is 25.1 Å². The molecule has 2 aromatic carbocycles. The zero-order valence-electron chi connectivity index (χ0n) is 14.2. The number of benzene rings is 2. The van der Waals surface area contributed by atoms with Crippen LogP contribution in [0.5, 0.6) is 5.75 Å². The highest BCUT2D eigenvalue weighted by molar-refractivity contribution is 7.20. The summed E-state index contributed by atoms with van der Waals surface area (Å²) in [6, 6.07) is 13.2. The molecule has 0 aliphatic rings. The highest BCUT2D eigenvalue weighted by Gasteiger charge is 2.13. The normalized spacial score (nSPS) is 10.9. The van der Waals surface area contributed by atoms with Crippen LogP contribution in [0, 0.1) is 12.7 Å². The third-order valence-corrected chi connectivity index (χ3v) is 5.81. The van der Waals surface area contributed by atoms with Gasteiger partial charge in [-0.2, -0.15) is 0 Å². The van der Waals surface area contributed by atoms with E-state index in [0.717, 1.165) is 32.5 Å². The second-order valence-corrected chi connectivity index (χ2v) is 7.51. The summed E-state index contributed by atoms with van der Waals surface area (Å²) in [6.45, 7) is 2.06. The number of ether oxygens (including phenoxy) is 1. The second-order valence-electron chi connectivity index (χ2n) is 5.79. The summed E-state index contributed by atoms with van der Waals surface area (Å²) in [6.07, 6.45) is 0. The van der Waals surface area contributed by atoms with E-state index in [9.17, 15) is 4.39 Å². The quantitative estimate of drug-likeness (QED) is 0.430. The molecule has 26 heavy (non-hydrogen) atoms. The van der Waals surface area contributed by atoms with Crippen molar-refractivity contribution < 1.29 is 9.13 Å². The molecule has 4 rings (SSSR count). The van der Waals surface area contributed by atoms with E-state index in [1.807, 2.05) is 10.8 Å². The third-order valence-electron chi connectivity index (χ3n) is 3.99. The highest BCUT2D eigenvalue weighted by Crippen LogP contribution is 2.34. The van der Waals surface area contributed by atoms with Gasteiger partial charge in [0.05, 0.1) is 18.5 Å². The molecule has 0 aliphatic carbocycles. The molecule has 0 aliphatic heterocycles. The first-order valence-corrected chi connectivity index (χ1v) is 9.72. The van der Waals surface area contributed by atoms with Crippen LogP contribution in [-0.2, 0) is 0 Å². The number of halogens is 1. The summed E-state index contributed by atoms with van der Waals surface area (Å²) < 4.78 is 18.9. The Labute approximate surface area is 158 Å². The lowest BCUT2D eigenvalue weighted by Gasteiger charge is -2.02. The summed E-state index contributed by atoms with van der Waals surface area (Å²) >= 11 is 3.07. The number of rotatable bonds is 4. The maximum atomic E-state index is 13.9. The molecule has 0 saturated heterocycles. The van der Waals surface area contributed by atoms with Gasteiger partial charge >= 0.3 is 0 Å². The minimum absolute atomic E-state index is 0.229. The van der Waals surface area contributed by atoms with Gasteiger partial charge < -0.3 is 4.74 Å². The van der Waals surface area contributed by atoms with E-state index in [1.54, 1.807) is 23.5 Å². The fourth-order valence-corrected chi connectivity index (χ4v) is 4.27. The molecule has 0 radical (unpaired) electrons. The van der Waals surface area contributed by atoms with Crippen molar-refractivity contribution in [2.75, 3.05) is 7.11 Å². The molecule has 0 amide bonds. The van der Waals surface area contributed by atoms with Gasteiger partial charge in [0, 0.05) is 21.9 Å². The molecule has 0 fully saturated rings. The maximum absolute atomic E-state index is 13.9. The molecule has 0 unspecified atom stereocenters. The molecule has 3 nitrogen and oxygen atoms in total. The van der Waals surface area contributed by atoms with Gasteiger partial charge in [0.15, 0.2) is 21.6 Å². The van der Waals surface area contributed by atoms with Gasteiger partial charge in [-0.3, -0.25) is 0 Å². The number of hydrogen-bond acceptors (Lipinski definition) is 5. The number of thiazole rings is 2. The maximum Gasteiger partial charge on any atom is 0.165 e. The molecular formula is C20H15FN2OS2. The van der Waals surface area contributed by atoms with Crippen LogP contribution in [-0.4, -0.2) is 17.1 Å². The molecule has 130 valence electrons. The van der Waals surface area contributed by atoms with Crippen molar-refractivity contribution in [1.29, 1.82) is 0 Å². The van der Waals surface area contributed by atoms with Gasteiger partial charge in [-0.1, -0.05) is 29.8 Å². The molecule has 0 N–H and O–H groups in total. The Morgan fingerprint density at radius 3 is 2.00 bits per heavy atom. The lowest BCUT2D eigenvalue weighted by molar-refractivity contribution is 0.386. The van der Waals surface area contributed by atoms with Crippen LogP contribution in [0.2, 0.25) is 0 Å². The number of hydrogen-bond donors (Lipinski definition) is 0. The van der Waals surface area contributed by atoms with Crippen molar-refractivity contribution in [3.05, 3.63) is 64.6 Å². The van der Waals surface area contributed by atoms with Crippen LogP contribution in [0.25, 0.3) is 32.5 Å². The monoisotopic (exact) mass is 382 g/mol. The Morgan fingerprint density at radius 2 is 1.42 bits per heavy atom. The Kier molecular flexibility index (Phi) is 4.53. The van der Waals surface area contributed by atoms with Crippen molar-refractivity contribution in [3.8, 4) is 38.3 Å². The first kappa shape index (κ1) is 16.9. The molecule has 6 heteroatoms. The van der Waals surface area contributed by atoms with Crippen LogP contribution in [0.1, 0.15) is 5.56 Å². The first-order chi connectivity index (χ1) is 12.6. The Balaban J connectivity index is 1.62. The van der Waals surface area contributed by atoms with Crippen LogP contribution in [0.4, 0.5) is 4.39 Å². The van der Waals surface area contributed by atoms with Gasteiger partial charge in [-0.25, -0.2) is 14.4 Å². The van der Waals surface area contributed by atoms with E-state index in [0.29, 0.717) is 0 Å². The van der Waals surface area contributed by atoms with E-state index in [1.165, 1.54) is 30.1 Å². The zero-order chi connectivity index (χ0) is 18.1. The Bertz CT molecular complexity index is 1050. The number of methoxy groups -OCH3 is 1. The van der Waals surface area contributed by atoms with Gasteiger partial charge in [0.25, 0.3) is 0 Å². The predicted molar refractivity (Wildman–Crippen MR) is 105 cm³/mol. The van der Waals surface area contributed by atoms with Crippen LogP contribution in [0.3, 0.4) is 0 Å². The largest absolute Gasteiger partial charge is 0.494 e. The van der Waals surface area contributed by atoms with Crippen molar-refractivity contribution >= 4 is 22.7 Å². The summed E-state index contributed by atoms with van der Waals surface area (Å²) in [4.78, 5) is 9.33. The Morgan fingerprint density at radius 1 is 0.846 bits per heavy atom. The minimum atomic E-state index is -0.393. The predicted octanol–water partition coefficient (Wildman–Crippen LogP) is 6.06. The molecule has 0 spiro atoms. The second kappa shape index (κ2) is 6.97. The smallest absolute Gasteiger partial charge is 0.165 e. The summed E-state index contributed by atoms with van der Waals surface area (Å²) in [5.74, 6) is -0.165. The topological polar surface area (TPSA) is 35.0 Å². The van der Waals surface area contributed by atoms with Crippen molar-refractivity contribution in [2.24, 2.45) is 0 Å². The molecule has 4 aromatic rings. The van der Waals surface area contributed by atoms with Crippen molar-refractivity contribution in [1.82, 2.24) is 9.97 Å². The molecule has 0 bridgehead atoms. The fourth-order valence-electron chi connectivity index (χ4n) is 2.56. The van der Waals surface area contributed by atoms with Gasteiger partial charge in [0.2, 0.25) is 0 Å². The van der Waals surface area contributed by atoms with E-state index in [2.05, 4.69) is 36.2 Å². The van der Waals surface area contributed by atoms with Crippen LogP contribution in [0.15, 0.2) is 53.2 Å². The summed E-state index contributed by atoms with van der Waals surface area (Å²) in [5.41, 5.74) is 4.71. The van der Waals surface area contributed by atoms with Crippen LogP contribution >= 0.6 is 22.7 Å². The number of nitrogens with zero attached hydrogens (tertiary/aromatic N) is 2. The van der Waals surface area contributed by atoms with Gasteiger partial charge in [-0.15, -0.1) is 22.7 Å². The van der Waals surface area contributed by atoms with E-state index in [-0.39, 0.29) is 5.75 Å². The molecular weight excluding hydrogens is 367 g/mol. The van der Waals surface area contributed by atoms with E-state index >= 15 is 0 Å². The molecule has 2 heterocycles. The lowest BCUT2D eigenvalue weighted by Crippen LogP contribution is -1.88. The summed E-state index contributed by atoms with van der Waals surface area (Å²) in [7, 11) is 1.45. The minimum Gasteiger partial charge on any atom is -0.494 e. The average molecular weight is 382 g/mol. The van der Waals surface area contributed by atoms with Gasteiger partial charge in [0.1, 0.15) is 0 Å². The molecule has 0 atom stereocenters. The number of aromatic nitrogens is 2. The fraction of sp³-hybridized carbons (Fsp3) is 0.100. The summed E-state index contributed by atoms with van der Waals surface area (Å²) in [5, 5.41) is 5.66. The van der Waals surface area contributed by atoms with Crippen LogP contribution < -0.4 is 4.74 Å². The first-order valence-electron chi connectivity index (χ1n) is 7.96. The third kappa shape index (κ3) is 3.25. The molecule has 2 aromatic heterocycles. The Hall–Kier alpha value is -2.57. The van der Waals surface area contributed by atoms with Crippen molar-refractivity contribution in [3.63, 3.8) is 0 Å². The standard InChI is InChI=1S/C20H15FN2OS2/c1-12-3-5-13(6-4-12)16-10-25-19(22-16)20-23-17(11-26-20)14-7-8-18(24-2)15(21)9-14/h3-11H,1-2H3. The SMILES string of the molecule is COc1ccc(-c2csc(-c3nc(-c4ccc(C)cc4)cs3)n2)cc1F. The van der Waals surface area contributed by atoms with Crippen molar-refractivity contribution in [2.45, 2.75) is 6.92 Å². The lowest BCUT2D eigenvalue weighted by atomic mass is 10.1. The van der Waals surface area contributed by atoms with E-state index < -0.39 is 5.82 Å².